The smallest absolute Gasteiger partial charge is 0.134 e. The molecule has 0 fully saturated rings. The van der Waals surface area contributed by atoms with E-state index in [4.69, 9.17) is 11.6 Å². The highest BCUT2D eigenvalue weighted by Gasteiger charge is 2.05. The molecule has 2 aromatic carbocycles. The maximum absolute atomic E-state index is 6.28. The molecule has 106 valence electrons. The number of nitrogens with one attached hydrogen (secondary N) is 1. The average molecular weight is 297 g/mol. The predicted octanol–water partition coefficient (Wildman–Crippen LogP) is 5.12. The topological polar surface area (TPSA) is 24.9 Å². The van der Waals surface area contributed by atoms with Gasteiger partial charge in [-0.25, -0.2) is 4.98 Å². The van der Waals surface area contributed by atoms with Crippen LogP contribution in [0.5, 0.6) is 0 Å². The van der Waals surface area contributed by atoms with E-state index in [-0.39, 0.29) is 0 Å². The quantitative estimate of drug-likeness (QED) is 0.679. The number of pyridine rings is 1. The lowest BCUT2D eigenvalue weighted by Crippen LogP contribution is -2.02. The van der Waals surface area contributed by atoms with Crippen LogP contribution in [0.2, 0.25) is 5.15 Å². The van der Waals surface area contributed by atoms with E-state index in [1.807, 2.05) is 18.2 Å². The Balaban J connectivity index is 1.86. The normalized spacial score (nSPS) is 10.8. The van der Waals surface area contributed by atoms with Gasteiger partial charge in [-0.05, 0) is 49.2 Å². The predicted molar refractivity (Wildman–Crippen MR) is 90.0 cm³/mol. The van der Waals surface area contributed by atoms with E-state index >= 15 is 0 Å². The lowest BCUT2D eigenvalue weighted by atomic mass is 10.1. The molecule has 1 aromatic heterocycles. The summed E-state index contributed by atoms with van der Waals surface area (Å²) in [6.07, 6.45) is 0. The van der Waals surface area contributed by atoms with Crippen LogP contribution in [0.1, 0.15) is 16.7 Å². The fourth-order valence-electron chi connectivity index (χ4n) is 2.53. The fourth-order valence-corrected chi connectivity index (χ4v) is 2.75. The Morgan fingerprint density at radius 1 is 1.00 bits per heavy atom. The highest BCUT2D eigenvalue weighted by molar-refractivity contribution is 6.30. The minimum Gasteiger partial charge on any atom is -0.381 e. The lowest BCUT2D eigenvalue weighted by molar-refractivity contribution is 1.12. The summed E-state index contributed by atoms with van der Waals surface area (Å²) in [4.78, 5) is 4.45. The molecule has 3 rings (SSSR count). The van der Waals surface area contributed by atoms with Crippen molar-refractivity contribution in [2.45, 2.75) is 20.4 Å². The van der Waals surface area contributed by atoms with Crippen LogP contribution in [0.25, 0.3) is 10.9 Å². The van der Waals surface area contributed by atoms with Crippen molar-refractivity contribution in [3.63, 3.8) is 0 Å². The number of anilines is 1. The van der Waals surface area contributed by atoms with Crippen molar-refractivity contribution < 1.29 is 0 Å². The number of hydrogen-bond acceptors (Lipinski definition) is 2. The number of nitrogens with zero attached hydrogens (tertiary/aromatic N) is 1. The first-order valence-electron chi connectivity index (χ1n) is 6.98. The van der Waals surface area contributed by atoms with Gasteiger partial charge >= 0.3 is 0 Å². The molecule has 0 aliphatic rings. The van der Waals surface area contributed by atoms with Crippen molar-refractivity contribution in [2.75, 3.05) is 5.32 Å². The second kappa shape index (κ2) is 5.74. The summed E-state index contributed by atoms with van der Waals surface area (Å²) in [7, 11) is 0. The van der Waals surface area contributed by atoms with Crippen LogP contribution < -0.4 is 5.32 Å². The van der Waals surface area contributed by atoms with Gasteiger partial charge in [0, 0.05) is 23.2 Å². The van der Waals surface area contributed by atoms with E-state index in [0.29, 0.717) is 11.7 Å². The van der Waals surface area contributed by atoms with E-state index in [9.17, 15) is 0 Å². The van der Waals surface area contributed by atoms with Gasteiger partial charge in [0.15, 0.2) is 0 Å². The molecule has 3 heteroatoms. The number of para-hydroxylation sites is 1. The summed E-state index contributed by atoms with van der Waals surface area (Å²) >= 11 is 6.28. The van der Waals surface area contributed by atoms with Gasteiger partial charge in [0.2, 0.25) is 0 Å². The molecule has 0 saturated carbocycles. The maximum atomic E-state index is 6.28. The minimum absolute atomic E-state index is 0.561. The summed E-state index contributed by atoms with van der Waals surface area (Å²) in [6, 6.07) is 16.5. The Kier molecular flexibility index (Phi) is 3.80. The largest absolute Gasteiger partial charge is 0.381 e. The minimum atomic E-state index is 0.561. The molecular formula is C18H17ClN2. The summed E-state index contributed by atoms with van der Waals surface area (Å²) in [5.74, 6) is 0. The zero-order valence-electron chi connectivity index (χ0n) is 12.2. The van der Waals surface area contributed by atoms with Crippen molar-refractivity contribution in [3.05, 3.63) is 70.4 Å². The van der Waals surface area contributed by atoms with Crippen molar-refractivity contribution in [1.29, 1.82) is 0 Å². The molecule has 3 aromatic rings. The Bertz CT molecular complexity index is 776. The Morgan fingerprint density at radius 3 is 2.48 bits per heavy atom. The maximum Gasteiger partial charge on any atom is 0.134 e. The summed E-state index contributed by atoms with van der Waals surface area (Å²) < 4.78 is 0. The Labute approximate surface area is 129 Å². The van der Waals surface area contributed by atoms with Crippen molar-refractivity contribution in [1.82, 2.24) is 4.98 Å². The molecule has 1 heterocycles. The molecule has 0 atom stereocenters. The van der Waals surface area contributed by atoms with Crippen molar-refractivity contribution in [2.24, 2.45) is 0 Å². The molecule has 0 aliphatic heterocycles. The average Bonchev–Trinajstić information content (AvgIpc) is 2.44. The number of hydrogen-bond donors (Lipinski definition) is 1. The zero-order chi connectivity index (χ0) is 14.8. The van der Waals surface area contributed by atoms with E-state index in [1.165, 1.54) is 11.1 Å². The molecular weight excluding hydrogens is 280 g/mol. The second-order valence-electron chi connectivity index (χ2n) is 5.36. The molecule has 0 radical (unpaired) electrons. The Hall–Kier alpha value is -2.06. The van der Waals surface area contributed by atoms with Crippen LogP contribution in [0.3, 0.4) is 0 Å². The zero-order valence-corrected chi connectivity index (χ0v) is 12.9. The monoisotopic (exact) mass is 296 g/mol. The molecule has 0 saturated heterocycles. The van der Waals surface area contributed by atoms with Crippen LogP contribution in [0, 0.1) is 13.8 Å². The number of fused-ring (bicyclic) bond motifs is 1. The van der Waals surface area contributed by atoms with Crippen LogP contribution in [-0.4, -0.2) is 4.98 Å². The van der Waals surface area contributed by atoms with Gasteiger partial charge in [0.1, 0.15) is 5.15 Å². The SMILES string of the molecule is Cc1cc(C)cc(NCc2cc3ccccc3nc2Cl)c1. The Morgan fingerprint density at radius 2 is 1.71 bits per heavy atom. The van der Waals surface area contributed by atoms with Crippen LogP contribution in [0.15, 0.2) is 48.5 Å². The van der Waals surface area contributed by atoms with Gasteiger partial charge in [0.25, 0.3) is 0 Å². The van der Waals surface area contributed by atoms with Crippen LogP contribution >= 0.6 is 11.6 Å². The van der Waals surface area contributed by atoms with Crippen LogP contribution in [-0.2, 0) is 6.54 Å². The highest BCUT2D eigenvalue weighted by Crippen LogP contribution is 2.22. The molecule has 0 spiro atoms. The van der Waals surface area contributed by atoms with E-state index in [1.54, 1.807) is 0 Å². The molecule has 0 unspecified atom stereocenters. The second-order valence-corrected chi connectivity index (χ2v) is 5.72. The summed E-state index contributed by atoms with van der Waals surface area (Å²) in [6.45, 7) is 4.87. The molecule has 0 aliphatic carbocycles. The molecule has 2 nitrogen and oxygen atoms in total. The van der Waals surface area contributed by atoms with Gasteiger partial charge in [-0.15, -0.1) is 0 Å². The number of rotatable bonds is 3. The number of aromatic nitrogens is 1. The molecule has 0 amide bonds. The van der Waals surface area contributed by atoms with Gasteiger partial charge in [-0.3, -0.25) is 0 Å². The third kappa shape index (κ3) is 3.17. The standard InChI is InChI=1S/C18H17ClN2/c1-12-7-13(2)9-16(8-12)20-11-15-10-14-5-3-4-6-17(14)21-18(15)19/h3-10,20H,11H2,1-2H3. The van der Waals surface area contributed by atoms with E-state index < -0.39 is 0 Å². The first kappa shape index (κ1) is 13.9. The first-order valence-corrected chi connectivity index (χ1v) is 7.36. The third-order valence-corrected chi connectivity index (χ3v) is 3.78. The van der Waals surface area contributed by atoms with Crippen molar-refractivity contribution >= 4 is 28.2 Å². The van der Waals surface area contributed by atoms with Crippen LogP contribution in [0.4, 0.5) is 5.69 Å². The van der Waals surface area contributed by atoms with E-state index in [2.05, 4.69) is 54.5 Å². The molecule has 1 N–H and O–H groups in total. The number of aryl methyl sites for hydroxylation is 2. The highest BCUT2D eigenvalue weighted by atomic mass is 35.5. The molecule has 21 heavy (non-hydrogen) atoms. The third-order valence-electron chi connectivity index (χ3n) is 3.45. The van der Waals surface area contributed by atoms with Gasteiger partial charge in [-0.2, -0.15) is 0 Å². The van der Waals surface area contributed by atoms with Gasteiger partial charge in [-0.1, -0.05) is 35.9 Å². The summed E-state index contributed by atoms with van der Waals surface area (Å²) in [5.41, 5.74) is 5.55. The molecule has 0 bridgehead atoms. The number of halogens is 1. The first-order chi connectivity index (χ1) is 10.1. The van der Waals surface area contributed by atoms with Gasteiger partial charge < -0.3 is 5.32 Å². The van der Waals surface area contributed by atoms with Gasteiger partial charge in [0.05, 0.1) is 5.52 Å². The summed E-state index contributed by atoms with van der Waals surface area (Å²) in [5, 5.41) is 5.09. The van der Waals surface area contributed by atoms with Crippen molar-refractivity contribution in [3.8, 4) is 0 Å². The lowest BCUT2D eigenvalue weighted by Gasteiger charge is -2.10. The fraction of sp³-hybridized carbons (Fsp3) is 0.167. The van der Waals surface area contributed by atoms with E-state index in [0.717, 1.165) is 22.2 Å². The number of benzene rings is 2.